The van der Waals surface area contributed by atoms with Gasteiger partial charge in [-0.2, -0.15) is 0 Å². The SMILES string of the molecule is O=C(Cc1ccccc1)NCCCN1CCCCS1(=O)=O. The van der Waals surface area contributed by atoms with E-state index in [1.165, 1.54) is 0 Å². The zero-order chi connectivity index (χ0) is 15.1. The number of hydrogen-bond donors (Lipinski definition) is 1. The van der Waals surface area contributed by atoms with Crippen molar-refractivity contribution >= 4 is 15.9 Å². The van der Waals surface area contributed by atoms with Gasteiger partial charge in [-0.1, -0.05) is 30.3 Å². The summed E-state index contributed by atoms with van der Waals surface area (Å²) in [7, 11) is -3.05. The fourth-order valence-corrected chi connectivity index (χ4v) is 4.06. The van der Waals surface area contributed by atoms with Gasteiger partial charge in [0.2, 0.25) is 15.9 Å². The Morgan fingerprint density at radius 3 is 2.67 bits per heavy atom. The van der Waals surface area contributed by atoms with E-state index in [0.29, 0.717) is 32.5 Å². The maximum atomic E-state index is 11.8. The number of rotatable bonds is 6. The maximum absolute atomic E-state index is 11.8. The summed E-state index contributed by atoms with van der Waals surface area (Å²) in [6.45, 7) is 1.62. The Morgan fingerprint density at radius 2 is 1.95 bits per heavy atom. The van der Waals surface area contributed by atoms with Crippen molar-refractivity contribution in [3.05, 3.63) is 35.9 Å². The first kappa shape index (κ1) is 16.0. The quantitative estimate of drug-likeness (QED) is 0.802. The van der Waals surface area contributed by atoms with Crippen molar-refractivity contribution in [1.82, 2.24) is 9.62 Å². The predicted octanol–water partition coefficient (Wildman–Crippen LogP) is 1.16. The van der Waals surface area contributed by atoms with Gasteiger partial charge in [0.25, 0.3) is 0 Å². The molecule has 0 bridgehead atoms. The Labute approximate surface area is 126 Å². The second kappa shape index (κ2) is 7.56. The minimum absolute atomic E-state index is 0.0253. The zero-order valence-corrected chi connectivity index (χ0v) is 12.9. The highest BCUT2D eigenvalue weighted by Crippen LogP contribution is 2.13. The van der Waals surface area contributed by atoms with Crippen LogP contribution in [0.5, 0.6) is 0 Å². The summed E-state index contributed by atoms with van der Waals surface area (Å²) in [5.41, 5.74) is 0.980. The van der Waals surface area contributed by atoms with E-state index in [9.17, 15) is 13.2 Å². The Morgan fingerprint density at radius 1 is 1.19 bits per heavy atom. The molecule has 2 rings (SSSR count). The van der Waals surface area contributed by atoms with Crippen molar-refractivity contribution in [1.29, 1.82) is 0 Å². The van der Waals surface area contributed by atoms with Gasteiger partial charge in [-0.3, -0.25) is 4.79 Å². The predicted molar refractivity (Wildman–Crippen MR) is 82.4 cm³/mol. The molecule has 6 heteroatoms. The molecule has 1 amide bonds. The van der Waals surface area contributed by atoms with Crippen molar-refractivity contribution in [3.63, 3.8) is 0 Å². The number of amides is 1. The molecule has 1 saturated heterocycles. The molecule has 0 atom stereocenters. The standard InChI is InChI=1S/C15H22N2O3S/c18-15(13-14-7-2-1-3-8-14)16-9-6-11-17-10-4-5-12-21(17,19)20/h1-3,7-8H,4-6,9-13H2,(H,16,18). The Balaban J connectivity index is 1.66. The molecular weight excluding hydrogens is 288 g/mol. The number of nitrogens with zero attached hydrogens (tertiary/aromatic N) is 1. The van der Waals surface area contributed by atoms with Crippen LogP contribution in [0.2, 0.25) is 0 Å². The third kappa shape index (κ3) is 5.13. The summed E-state index contributed by atoms with van der Waals surface area (Å²) in [5, 5.41) is 2.84. The van der Waals surface area contributed by atoms with E-state index in [1.54, 1.807) is 4.31 Å². The summed E-state index contributed by atoms with van der Waals surface area (Å²) >= 11 is 0. The molecule has 0 spiro atoms. The fourth-order valence-electron chi connectivity index (χ4n) is 2.42. The molecule has 1 aromatic carbocycles. The Bertz CT molecular complexity index is 558. The monoisotopic (exact) mass is 310 g/mol. The normalized spacial score (nSPS) is 18.3. The van der Waals surface area contributed by atoms with Gasteiger partial charge in [0.05, 0.1) is 12.2 Å². The maximum Gasteiger partial charge on any atom is 0.224 e. The average Bonchev–Trinajstić information content (AvgIpc) is 2.46. The van der Waals surface area contributed by atoms with Crippen LogP contribution in [0.25, 0.3) is 0 Å². The van der Waals surface area contributed by atoms with Crippen LogP contribution in [0.15, 0.2) is 30.3 Å². The van der Waals surface area contributed by atoms with Gasteiger partial charge < -0.3 is 5.32 Å². The largest absolute Gasteiger partial charge is 0.356 e. The van der Waals surface area contributed by atoms with Crippen molar-refractivity contribution in [2.75, 3.05) is 25.4 Å². The van der Waals surface area contributed by atoms with Crippen molar-refractivity contribution in [3.8, 4) is 0 Å². The van der Waals surface area contributed by atoms with E-state index in [2.05, 4.69) is 5.32 Å². The number of carbonyl (C=O) groups is 1. The lowest BCUT2D eigenvalue weighted by Gasteiger charge is -2.26. The number of hydrogen-bond acceptors (Lipinski definition) is 3. The lowest BCUT2D eigenvalue weighted by Crippen LogP contribution is -2.39. The second-order valence-corrected chi connectivity index (χ2v) is 7.38. The Kier molecular flexibility index (Phi) is 5.76. The highest BCUT2D eigenvalue weighted by Gasteiger charge is 2.24. The summed E-state index contributed by atoms with van der Waals surface area (Å²) < 4.78 is 25.1. The number of carbonyl (C=O) groups excluding carboxylic acids is 1. The molecule has 0 aromatic heterocycles. The molecule has 1 fully saturated rings. The van der Waals surface area contributed by atoms with Crippen LogP contribution >= 0.6 is 0 Å². The van der Waals surface area contributed by atoms with Crippen LogP contribution in [-0.2, 0) is 21.2 Å². The van der Waals surface area contributed by atoms with Gasteiger partial charge in [0.1, 0.15) is 0 Å². The van der Waals surface area contributed by atoms with E-state index >= 15 is 0 Å². The van der Waals surface area contributed by atoms with Crippen LogP contribution in [0.4, 0.5) is 0 Å². The molecular formula is C15H22N2O3S. The van der Waals surface area contributed by atoms with Gasteiger partial charge in [0.15, 0.2) is 0 Å². The first-order valence-electron chi connectivity index (χ1n) is 7.36. The van der Waals surface area contributed by atoms with Crippen LogP contribution in [0.3, 0.4) is 0 Å². The van der Waals surface area contributed by atoms with E-state index < -0.39 is 10.0 Å². The summed E-state index contributed by atoms with van der Waals surface area (Å²) in [5.74, 6) is 0.232. The number of sulfonamides is 1. The van der Waals surface area contributed by atoms with Gasteiger partial charge in [-0.05, 0) is 24.8 Å². The van der Waals surface area contributed by atoms with Crippen LogP contribution < -0.4 is 5.32 Å². The molecule has 0 radical (unpaired) electrons. The minimum atomic E-state index is -3.05. The fraction of sp³-hybridized carbons (Fsp3) is 0.533. The summed E-state index contributed by atoms with van der Waals surface area (Å²) in [6.07, 6.45) is 2.70. The van der Waals surface area contributed by atoms with E-state index in [1.807, 2.05) is 30.3 Å². The first-order valence-corrected chi connectivity index (χ1v) is 8.97. The van der Waals surface area contributed by atoms with E-state index in [-0.39, 0.29) is 11.7 Å². The van der Waals surface area contributed by atoms with E-state index in [0.717, 1.165) is 18.4 Å². The Hall–Kier alpha value is -1.40. The van der Waals surface area contributed by atoms with Crippen molar-refractivity contribution in [2.24, 2.45) is 0 Å². The third-order valence-electron chi connectivity index (χ3n) is 3.57. The second-order valence-electron chi connectivity index (χ2n) is 5.29. The lowest BCUT2D eigenvalue weighted by atomic mass is 10.1. The average molecular weight is 310 g/mol. The molecule has 116 valence electrons. The molecule has 21 heavy (non-hydrogen) atoms. The summed E-state index contributed by atoms with van der Waals surface area (Å²) in [6, 6.07) is 9.56. The smallest absolute Gasteiger partial charge is 0.224 e. The lowest BCUT2D eigenvalue weighted by molar-refractivity contribution is -0.120. The highest BCUT2D eigenvalue weighted by atomic mass is 32.2. The molecule has 1 heterocycles. The molecule has 1 N–H and O–H groups in total. The van der Waals surface area contributed by atoms with Gasteiger partial charge in [-0.25, -0.2) is 12.7 Å². The number of benzene rings is 1. The molecule has 0 unspecified atom stereocenters. The molecule has 5 nitrogen and oxygen atoms in total. The van der Waals surface area contributed by atoms with Crippen LogP contribution in [0, 0.1) is 0 Å². The van der Waals surface area contributed by atoms with Gasteiger partial charge in [0, 0.05) is 19.6 Å². The molecule has 1 aliphatic heterocycles. The van der Waals surface area contributed by atoms with Gasteiger partial charge >= 0.3 is 0 Å². The van der Waals surface area contributed by atoms with Crippen LogP contribution in [-0.4, -0.2) is 44.0 Å². The first-order chi connectivity index (χ1) is 10.1. The molecule has 1 aliphatic rings. The molecule has 0 saturated carbocycles. The number of nitrogens with one attached hydrogen (secondary N) is 1. The zero-order valence-electron chi connectivity index (χ0n) is 12.1. The molecule has 1 aromatic rings. The van der Waals surface area contributed by atoms with E-state index in [4.69, 9.17) is 0 Å². The third-order valence-corrected chi connectivity index (χ3v) is 5.52. The van der Waals surface area contributed by atoms with Crippen LogP contribution in [0.1, 0.15) is 24.8 Å². The highest BCUT2D eigenvalue weighted by molar-refractivity contribution is 7.89. The van der Waals surface area contributed by atoms with Gasteiger partial charge in [-0.15, -0.1) is 0 Å². The van der Waals surface area contributed by atoms with Crippen molar-refractivity contribution in [2.45, 2.75) is 25.7 Å². The minimum Gasteiger partial charge on any atom is -0.356 e. The summed E-state index contributed by atoms with van der Waals surface area (Å²) in [4.78, 5) is 11.7. The molecule has 0 aliphatic carbocycles. The van der Waals surface area contributed by atoms with Crippen molar-refractivity contribution < 1.29 is 13.2 Å². The topological polar surface area (TPSA) is 66.5 Å².